The summed E-state index contributed by atoms with van der Waals surface area (Å²) >= 11 is 1.75. The molecule has 0 radical (unpaired) electrons. The van der Waals surface area contributed by atoms with Crippen LogP contribution < -0.4 is 5.32 Å². The standard InChI is InChI=1S/C9H18N2O2S2/c1-15(12,13)9-7-14-5-4-11(9)8-2-3-10-6-8/h8-10H,2-7H2,1H3. The summed E-state index contributed by atoms with van der Waals surface area (Å²) in [6.45, 7) is 2.87. The lowest BCUT2D eigenvalue weighted by atomic mass is 10.2. The Hall–Kier alpha value is 0.220. The molecule has 0 aromatic carbocycles. The molecule has 88 valence electrons. The van der Waals surface area contributed by atoms with Gasteiger partial charge in [-0.25, -0.2) is 8.42 Å². The van der Waals surface area contributed by atoms with Crippen molar-refractivity contribution in [3.63, 3.8) is 0 Å². The molecule has 2 heterocycles. The van der Waals surface area contributed by atoms with Gasteiger partial charge in [-0.1, -0.05) is 0 Å². The van der Waals surface area contributed by atoms with Crippen molar-refractivity contribution in [3.05, 3.63) is 0 Å². The summed E-state index contributed by atoms with van der Waals surface area (Å²) in [5.41, 5.74) is 0. The molecular weight excluding hydrogens is 232 g/mol. The fraction of sp³-hybridized carbons (Fsp3) is 1.00. The molecule has 2 fully saturated rings. The van der Waals surface area contributed by atoms with Gasteiger partial charge in [0, 0.05) is 36.9 Å². The maximum Gasteiger partial charge on any atom is 0.164 e. The predicted molar refractivity (Wildman–Crippen MR) is 63.9 cm³/mol. The SMILES string of the molecule is CS(=O)(=O)C1CSCCN1C1CCNC1. The Bertz CT molecular complexity index is 312. The van der Waals surface area contributed by atoms with Crippen molar-refractivity contribution >= 4 is 21.6 Å². The van der Waals surface area contributed by atoms with Crippen LogP contribution in [0.4, 0.5) is 0 Å². The third kappa shape index (κ3) is 2.67. The minimum Gasteiger partial charge on any atom is -0.315 e. The van der Waals surface area contributed by atoms with Gasteiger partial charge in [-0.05, 0) is 13.0 Å². The molecule has 0 spiro atoms. The first-order chi connectivity index (χ1) is 7.09. The van der Waals surface area contributed by atoms with Crippen LogP contribution in [0.2, 0.25) is 0 Å². The molecule has 2 rings (SSSR count). The highest BCUT2D eigenvalue weighted by Gasteiger charge is 2.36. The van der Waals surface area contributed by atoms with Gasteiger partial charge in [0.05, 0.1) is 0 Å². The summed E-state index contributed by atoms with van der Waals surface area (Å²) in [5, 5.41) is 3.04. The Kier molecular flexibility index (Phi) is 3.59. The van der Waals surface area contributed by atoms with E-state index in [1.807, 2.05) is 0 Å². The van der Waals surface area contributed by atoms with Gasteiger partial charge in [0.2, 0.25) is 0 Å². The first kappa shape index (κ1) is 11.7. The van der Waals surface area contributed by atoms with Crippen molar-refractivity contribution in [2.24, 2.45) is 0 Å². The van der Waals surface area contributed by atoms with Crippen LogP contribution in [0.25, 0.3) is 0 Å². The molecular formula is C9H18N2O2S2. The number of hydrogen-bond donors (Lipinski definition) is 1. The quantitative estimate of drug-likeness (QED) is 0.733. The fourth-order valence-electron chi connectivity index (χ4n) is 2.30. The van der Waals surface area contributed by atoms with Crippen molar-refractivity contribution in [3.8, 4) is 0 Å². The summed E-state index contributed by atoms with van der Waals surface area (Å²) in [7, 11) is -2.94. The third-order valence-corrected chi connectivity index (χ3v) is 5.78. The molecule has 0 bridgehead atoms. The van der Waals surface area contributed by atoms with Crippen molar-refractivity contribution in [1.82, 2.24) is 10.2 Å². The van der Waals surface area contributed by atoms with E-state index in [0.717, 1.165) is 37.6 Å². The molecule has 0 amide bonds. The van der Waals surface area contributed by atoms with E-state index in [2.05, 4.69) is 10.2 Å². The van der Waals surface area contributed by atoms with E-state index >= 15 is 0 Å². The Morgan fingerprint density at radius 1 is 1.47 bits per heavy atom. The van der Waals surface area contributed by atoms with Crippen molar-refractivity contribution in [2.75, 3.05) is 37.4 Å². The monoisotopic (exact) mass is 250 g/mol. The van der Waals surface area contributed by atoms with Gasteiger partial charge in [0.25, 0.3) is 0 Å². The van der Waals surface area contributed by atoms with Crippen LogP contribution in [0, 0.1) is 0 Å². The lowest BCUT2D eigenvalue weighted by Gasteiger charge is -2.37. The minimum absolute atomic E-state index is 0.263. The van der Waals surface area contributed by atoms with E-state index in [4.69, 9.17) is 0 Å². The molecule has 4 nitrogen and oxygen atoms in total. The van der Waals surface area contributed by atoms with Crippen molar-refractivity contribution in [2.45, 2.75) is 17.8 Å². The Labute approximate surface area is 95.7 Å². The van der Waals surface area contributed by atoms with Gasteiger partial charge in [0.15, 0.2) is 9.84 Å². The molecule has 2 aliphatic heterocycles. The predicted octanol–water partition coefficient (Wildman–Crippen LogP) is -0.232. The first-order valence-electron chi connectivity index (χ1n) is 5.32. The second kappa shape index (κ2) is 4.61. The number of sulfone groups is 1. The molecule has 6 heteroatoms. The smallest absolute Gasteiger partial charge is 0.164 e. The lowest BCUT2D eigenvalue weighted by Crippen LogP contribution is -2.52. The summed E-state index contributed by atoms with van der Waals surface area (Å²) in [5.74, 6) is 1.79. The van der Waals surface area contributed by atoms with Crippen LogP contribution in [-0.2, 0) is 9.84 Å². The molecule has 0 aliphatic carbocycles. The average molecular weight is 250 g/mol. The molecule has 0 aromatic heterocycles. The molecule has 2 aliphatic rings. The first-order valence-corrected chi connectivity index (χ1v) is 8.43. The summed E-state index contributed by atoms with van der Waals surface area (Å²) in [4.78, 5) is 2.19. The molecule has 2 saturated heterocycles. The highest BCUT2D eigenvalue weighted by atomic mass is 32.2. The average Bonchev–Trinajstić information content (AvgIpc) is 2.69. The fourth-order valence-corrected chi connectivity index (χ4v) is 5.25. The summed E-state index contributed by atoms with van der Waals surface area (Å²) < 4.78 is 23.4. The zero-order valence-corrected chi connectivity index (χ0v) is 10.6. The normalized spacial score (nSPS) is 34.5. The van der Waals surface area contributed by atoms with Gasteiger partial charge in [-0.3, -0.25) is 4.90 Å². The van der Waals surface area contributed by atoms with Crippen LogP contribution in [0.5, 0.6) is 0 Å². The van der Waals surface area contributed by atoms with E-state index in [-0.39, 0.29) is 5.37 Å². The maximum absolute atomic E-state index is 11.7. The van der Waals surface area contributed by atoms with E-state index in [0.29, 0.717) is 6.04 Å². The van der Waals surface area contributed by atoms with Gasteiger partial charge >= 0.3 is 0 Å². The summed E-state index contributed by atoms with van der Waals surface area (Å²) in [6, 6.07) is 0.422. The Morgan fingerprint density at radius 3 is 2.87 bits per heavy atom. The topological polar surface area (TPSA) is 49.4 Å². The molecule has 2 atom stereocenters. The van der Waals surface area contributed by atoms with Gasteiger partial charge in [0.1, 0.15) is 5.37 Å². The lowest BCUT2D eigenvalue weighted by molar-refractivity contribution is 0.204. The molecule has 15 heavy (non-hydrogen) atoms. The number of rotatable bonds is 2. The summed E-state index contributed by atoms with van der Waals surface area (Å²) in [6.07, 6.45) is 2.44. The van der Waals surface area contributed by atoms with Crippen LogP contribution in [0.3, 0.4) is 0 Å². The second-order valence-electron chi connectivity index (χ2n) is 4.24. The maximum atomic E-state index is 11.7. The molecule has 2 unspecified atom stereocenters. The van der Waals surface area contributed by atoms with E-state index in [1.165, 1.54) is 6.26 Å². The van der Waals surface area contributed by atoms with Gasteiger partial charge in [-0.15, -0.1) is 0 Å². The highest BCUT2D eigenvalue weighted by molar-refractivity contribution is 8.00. The van der Waals surface area contributed by atoms with Crippen LogP contribution in [0.15, 0.2) is 0 Å². The van der Waals surface area contributed by atoms with Crippen LogP contribution in [0.1, 0.15) is 6.42 Å². The third-order valence-electron chi connectivity index (χ3n) is 3.12. The van der Waals surface area contributed by atoms with Crippen LogP contribution >= 0.6 is 11.8 Å². The Morgan fingerprint density at radius 2 is 2.27 bits per heavy atom. The van der Waals surface area contributed by atoms with Gasteiger partial charge < -0.3 is 5.32 Å². The Balaban J connectivity index is 2.12. The second-order valence-corrected chi connectivity index (χ2v) is 7.60. The van der Waals surface area contributed by atoms with Crippen LogP contribution in [-0.4, -0.2) is 62.1 Å². The van der Waals surface area contributed by atoms with E-state index < -0.39 is 9.84 Å². The molecule has 1 N–H and O–H groups in total. The van der Waals surface area contributed by atoms with E-state index in [9.17, 15) is 8.42 Å². The number of nitrogens with one attached hydrogen (secondary N) is 1. The highest BCUT2D eigenvalue weighted by Crippen LogP contribution is 2.24. The zero-order chi connectivity index (χ0) is 10.9. The van der Waals surface area contributed by atoms with Crippen molar-refractivity contribution in [1.29, 1.82) is 0 Å². The molecule has 0 saturated carbocycles. The van der Waals surface area contributed by atoms with Crippen molar-refractivity contribution < 1.29 is 8.42 Å². The van der Waals surface area contributed by atoms with E-state index in [1.54, 1.807) is 11.8 Å². The number of nitrogens with zero attached hydrogens (tertiary/aromatic N) is 1. The van der Waals surface area contributed by atoms with Gasteiger partial charge in [-0.2, -0.15) is 11.8 Å². The molecule has 0 aromatic rings. The largest absolute Gasteiger partial charge is 0.315 e. The number of hydrogen-bond acceptors (Lipinski definition) is 5. The minimum atomic E-state index is -2.94. The zero-order valence-electron chi connectivity index (χ0n) is 8.98. The number of thioether (sulfide) groups is 1.